The standard InChI is InChI=1S/C20H23N3O3/c1-14(17-9-4-5-10-18(17)26-3)22(2)19(24)15-7-6-8-16(13-15)23-12-11-21-20(23)25/h4-10,13-14H,11-12H2,1-3H3,(H,21,25)/t14-/m1/s1. The maximum atomic E-state index is 13.0. The molecule has 3 amide bonds. The highest BCUT2D eigenvalue weighted by Crippen LogP contribution is 2.29. The molecule has 1 heterocycles. The molecule has 136 valence electrons. The molecule has 26 heavy (non-hydrogen) atoms. The maximum absolute atomic E-state index is 13.0. The first-order valence-corrected chi connectivity index (χ1v) is 8.58. The second-order valence-electron chi connectivity index (χ2n) is 6.27. The molecule has 0 unspecified atom stereocenters. The number of hydrogen-bond acceptors (Lipinski definition) is 3. The smallest absolute Gasteiger partial charge is 0.321 e. The Morgan fingerprint density at radius 3 is 2.69 bits per heavy atom. The van der Waals surface area contributed by atoms with E-state index in [4.69, 9.17) is 4.74 Å². The van der Waals surface area contributed by atoms with Gasteiger partial charge in [0.2, 0.25) is 0 Å². The van der Waals surface area contributed by atoms with Gasteiger partial charge in [-0.3, -0.25) is 9.69 Å². The van der Waals surface area contributed by atoms with E-state index in [1.165, 1.54) is 0 Å². The Labute approximate surface area is 153 Å². The van der Waals surface area contributed by atoms with E-state index in [1.54, 1.807) is 42.2 Å². The van der Waals surface area contributed by atoms with Gasteiger partial charge < -0.3 is 15.0 Å². The number of urea groups is 1. The molecule has 3 rings (SSSR count). The summed E-state index contributed by atoms with van der Waals surface area (Å²) in [7, 11) is 3.40. The van der Waals surface area contributed by atoms with E-state index in [0.717, 1.165) is 17.0 Å². The van der Waals surface area contributed by atoms with E-state index in [2.05, 4.69) is 5.32 Å². The molecule has 2 aromatic carbocycles. The van der Waals surface area contributed by atoms with Gasteiger partial charge in [-0.05, 0) is 31.2 Å². The third kappa shape index (κ3) is 3.35. The summed E-state index contributed by atoms with van der Waals surface area (Å²) < 4.78 is 5.41. The van der Waals surface area contributed by atoms with Crippen molar-refractivity contribution < 1.29 is 14.3 Å². The molecule has 0 aromatic heterocycles. The first kappa shape index (κ1) is 17.8. The minimum Gasteiger partial charge on any atom is -0.496 e. The monoisotopic (exact) mass is 353 g/mol. The highest BCUT2D eigenvalue weighted by molar-refractivity contribution is 5.98. The van der Waals surface area contributed by atoms with Crippen LogP contribution in [0.2, 0.25) is 0 Å². The number of para-hydroxylation sites is 1. The molecule has 0 spiro atoms. The van der Waals surface area contributed by atoms with Crippen molar-refractivity contribution in [1.29, 1.82) is 0 Å². The number of anilines is 1. The molecular formula is C20H23N3O3. The minimum atomic E-state index is -0.155. The van der Waals surface area contributed by atoms with E-state index >= 15 is 0 Å². The van der Waals surface area contributed by atoms with Gasteiger partial charge in [-0.1, -0.05) is 24.3 Å². The lowest BCUT2D eigenvalue weighted by Crippen LogP contribution is -2.31. The van der Waals surface area contributed by atoms with Gasteiger partial charge in [0.1, 0.15) is 5.75 Å². The number of ether oxygens (including phenoxy) is 1. The lowest BCUT2D eigenvalue weighted by atomic mass is 10.0. The van der Waals surface area contributed by atoms with E-state index in [0.29, 0.717) is 18.7 Å². The van der Waals surface area contributed by atoms with E-state index in [9.17, 15) is 9.59 Å². The Morgan fingerprint density at radius 2 is 2.00 bits per heavy atom. The fourth-order valence-electron chi connectivity index (χ4n) is 3.12. The number of carbonyl (C=O) groups is 2. The number of hydrogen-bond donors (Lipinski definition) is 1. The van der Waals surface area contributed by atoms with Crippen molar-refractivity contribution >= 4 is 17.6 Å². The zero-order chi connectivity index (χ0) is 18.7. The van der Waals surface area contributed by atoms with Gasteiger partial charge in [0.25, 0.3) is 5.91 Å². The average Bonchev–Trinajstić information content (AvgIpc) is 3.12. The fraction of sp³-hybridized carbons (Fsp3) is 0.300. The molecule has 6 heteroatoms. The Balaban J connectivity index is 1.83. The number of amides is 3. The topological polar surface area (TPSA) is 61.9 Å². The van der Waals surface area contributed by atoms with Crippen LogP contribution < -0.4 is 15.0 Å². The minimum absolute atomic E-state index is 0.107. The molecule has 1 N–H and O–H groups in total. The number of nitrogens with zero attached hydrogens (tertiary/aromatic N) is 2. The summed E-state index contributed by atoms with van der Waals surface area (Å²) >= 11 is 0. The number of methoxy groups -OCH3 is 1. The van der Waals surface area contributed by atoms with Gasteiger partial charge in [0, 0.05) is 37.0 Å². The molecule has 0 saturated carbocycles. The van der Waals surface area contributed by atoms with Crippen molar-refractivity contribution in [3.63, 3.8) is 0 Å². The van der Waals surface area contributed by atoms with Gasteiger partial charge in [0.05, 0.1) is 13.2 Å². The first-order chi connectivity index (χ1) is 12.5. The van der Waals surface area contributed by atoms with Crippen molar-refractivity contribution in [2.24, 2.45) is 0 Å². The Hall–Kier alpha value is -3.02. The average molecular weight is 353 g/mol. The number of nitrogens with one attached hydrogen (secondary N) is 1. The molecule has 2 aromatic rings. The van der Waals surface area contributed by atoms with E-state index in [-0.39, 0.29) is 18.0 Å². The number of carbonyl (C=O) groups excluding carboxylic acids is 2. The van der Waals surface area contributed by atoms with Crippen LogP contribution in [0.15, 0.2) is 48.5 Å². The number of benzene rings is 2. The van der Waals surface area contributed by atoms with Crippen LogP contribution in [0.5, 0.6) is 5.75 Å². The van der Waals surface area contributed by atoms with Crippen LogP contribution in [0.3, 0.4) is 0 Å². The number of rotatable bonds is 5. The van der Waals surface area contributed by atoms with Crippen LogP contribution in [0.25, 0.3) is 0 Å². The summed E-state index contributed by atoms with van der Waals surface area (Å²) in [5.74, 6) is 0.645. The highest BCUT2D eigenvalue weighted by Gasteiger charge is 2.24. The third-order valence-electron chi connectivity index (χ3n) is 4.75. The predicted molar refractivity (Wildman–Crippen MR) is 101 cm³/mol. The summed E-state index contributed by atoms with van der Waals surface area (Å²) in [6.45, 7) is 3.18. The second-order valence-corrected chi connectivity index (χ2v) is 6.27. The SMILES string of the molecule is COc1ccccc1[C@@H](C)N(C)C(=O)c1cccc(N2CCNC2=O)c1. The summed E-state index contributed by atoms with van der Waals surface area (Å²) in [5.41, 5.74) is 2.22. The molecule has 0 radical (unpaired) electrons. The molecule has 1 aliphatic heterocycles. The van der Waals surface area contributed by atoms with Crippen molar-refractivity contribution in [3.05, 3.63) is 59.7 Å². The summed E-state index contributed by atoms with van der Waals surface area (Å²) in [6, 6.07) is 14.6. The van der Waals surface area contributed by atoms with Crippen molar-refractivity contribution in [2.75, 3.05) is 32.1 Å². The largest absolute Gasteiger partial charge is 0.496 e. The van der Waals surface area contributed by atoms with Crippen molar-refractivity contribution in [3.8, 4) is 5.75 Å². The molecule has 1 atom stereocenters. The molecule has 0 bridgehead atoms. The summed E-state index contributed by atoms with van der Waals surface area (Å²) in [5, 5.41) is 2.77. The van der Waals surface area contributed by atoms with Crippen LogP contribution in [0.1, 0.15) is 28.9 Å². The van der Waals surface area contributed by atoms with E-state index < -0.39 is 0 Å². The summed E-state index contributed by atoms with van der Waals surface area (Å²) in [6.07, 6.45) is 0. The normalized spacial score (nSPS) is 14.7. The molecule has 1 aliphatic rings. The van der Waals surface area contributed by atoms with Crippen LogP contribution in [-0.2, 0) is 0 Å². The van der Waals surface area contributed by atoms with Crippen molar-refractivity contribution in [1.82, 2.24) is 10.2 Å². The lowest BCUT2D eigenvalue weighted by Gasteiger charge is -2.27. The molecule has 1 fully saturated rings. The Kier molecular flexibility index (Phi) is 5.11. The maximum Gasteiger partial charge on any atom is 0.321 e. The third-order valence-corrected chi connectivity index (χ3v) is 4.75. The van der Waals surface area contributed by atoms with Crippen LogP contribution in [0.4, 0.5) is 10.5 Å². The van der Waals surface area contributed by atoms with Gasteiger partial charge in [-0.2, -0.15) is 0 Å². The Morgan fingerprint density at radius 1 is 1.23 bits per heavy atom. The van der Waals surface area contributed by atoms with Gasteiger partial charge in [0.15, 0.2) is 0 Å². The fourth-order valence-corrected chi connectivity index (χ4v) is 3.12. The Bertz CT molecular complexity index is 821. The summed E-state index contributed by atoms with van der Waals surface area (Å²) in [4.78, 5) is 28.2. The molecular weight excluding hydrogens is 330 g/mol. The van der Waals surface area contributed by atoms with Crippen LogP contribution in [0, 0.1) is 0 Å². The van der Waals surface area contributed by atoms with Gasteiger partial charge in [-0.25, -0.2) is 4.79 Å². The second kappa shape index (κ2) is 7.47. The highest BCUT2D eigenvalue weighted by atomic mass is 16.5. The zero-order valence-electron chi connectivity index (χ0n) is 15.2. The quantitative estimate of drug-likeness (QED) is 0.899. The van der Waals surface area contributed by atoms with Gasteiger partial charge >= 0.3 is 6.03 Å². The van der Waals surface area contributed by atoms with Crippen molar-refractivity contribution in [2.45, 2.75) is 13.0 Å². The zero-order valence-corrected chi connectivity index (χ0v) is 15.2. The van der Waals surface area contributed by atoms with Crippen LogP contribution in [-0.4, -0.2) is 44.1 Å². The first-order valence-electron chi connectivity index (χ1n) is 8.58. The molecule has 0 aliphatic carbocycles. The van der Waals surface area contributed by atoms with E-state index in [1.807, 2.05) is 37.3 Å². The lowest BCUT2D eigenvalue weighted by molar-refractivity contribution is 0.0741. The predicted octanol–water partition coefficient (Wildman–Crippen LogP) is 3.06. The molecule has 1 saturated heterocycles. The van der Waals surface area contributed by atoms with Crippen LogP contribution >= 0.6 is 0 Å². The van der Waals surface area contributed by atoms with Gasteiger partial charge in [-0.15, -0.1) is 0 Å². The molecule has 6 nitrogen and oxygen atoms in total.